The Morgan fingerprint density at radius 1 is 1.00 bits per heavy atom. The van der Waals surface area contributed by atoms with Crippen LogP contribution in [-0.2, 0) is 36.8 Å². The van der Waals surface area contributed by atoms with Gasteiger partial charge in [-0.1, -0.05) is 42.5 Å². The maximum Gasteiger partial charge on any atom is 0.331 e. The van der Waals surface area contributed by atoms with Crippen LogP contribution in [0.25, 0.3) is 0 Å². The van der Waals surface area contributed by atoms with Crippen molar-refractivity contribution in [2.24, 2.45) is 5.73 Å². The van der Waals surface area contributed by atoms with Gasteiger partial charge in [-0.2, -0.15) is 11.8 Å². The van der Waals surface area contributed by atoms with Gasteiger partial charge in [0.25, 0.3) is 5.56 Å². The molecule has 2 unspecified atom stereocenters. The number of rotatable bonds is 18. The first kappa shape index (κ1) is 44.7. The Morgan fingerprint density at radius 2 is 1.66 bits per heavy atom. The number of hydrogen-bond acceptors (Lipinski definition) is 11. The number of aliphatic hydroxyl groups excluding tert-OH is 1. The van der Waals surface area contributed by atoms with Crippen molar-refractivity contribution in [3.63, 3.8) is 0 Å². The lowest BCUT2D eigenvalue weighted by atomic mass is 10.0. The number of aliphatic carboxylic acids is 1. The third-order valence-corrected chi connectivity index (χ3v) is 9.98. The quantitative estimate of drug-likeness (QED) is 0.0838. The van der Waals surface area contributed by atoms with E-state index in [9.17, 15) is 48.2 Å². The van der Waals surface area contributed by atoms with Gasteiger partial charge in [0.05, 0.1) is 12.1 Å². The van der Waals surface area contributed by atoms with E-state index in [1.165, 1.54) is 42.8 Å². The number of nitrogens with zero attached hydrogens (tertiary/aromatic N) is 2. The number of thioether (sulfide) groups is 1. The van der Waals surface area contributed by atoms with E-state index in [0.717, 1.165) is 40.7 Å². The van der Waals surface area contributed by atoms with E-state index >= 15 is 0 Å². The highest BCUT2D eigenvalue weighted by molar-refractivity contribution is 7.98. The first-order chi connectivity index (χ1) is 27.6. The van der Waals surface area contributed by atoms with Crippen molar-refractivity contribution in [1.29, 1.82) is 0 Å². The minimum Gasteiger partial charge on any atom is -0.480 e. The molecule has 1 fully saturated rings. The molecule has 1 aromatic heterocycles. The summed E-state index contributed by atoms with van der Waals surface area (Å²) in [7, 11) is 1.41. The number of carbonyl (C=O) groups excluding carboxylic acids is 4. The van der Waals surface area contributed by atoms with E-state index in [4.69, 9.17) is 10.5 Å². The predicted octanol–water partition coefficient (Wildman–Crippen LogP) is -0.0684. The molecule has 2 heterocycles. The smallest absolute Gasteiger partial charge is 0.331 e. The van der Waals surface area contributed by atoms with Crippen LogP contribution in [0.3, 0.4) is 0 Å². The molecule has 4 rings (SSSR count). The van der Waals surface area contributed by atoms with Gasteiger partial charge in [0.1, 0.15) is 35.8 Å². The average Bonchev–Trinajstić information content (AvgIpc) is 3.56. The second-order valence-corrected chi connectivity index (χ2v) is 14.5. The van der Waals surface area contributed by atoms with Crippen LogP contribution in [0.5, 0.6) is 0 Å². The molecule has 18 nitrogen and oxygen atoms in total. The molecule has 5 amide bonds. The number of urea groups is 1. The second-order valence-electron chi connectivity index (χ2n) is 13.6. The first-order valence-electron chi connectivity index (χ1n) is 18.1. The summed E-state index contributed by atoms with van der Waals surface area (Å²) in [6, 6.07) is 7.87. The maximum atomic E-state index is 13.9. The third kappa shape index (κ3) is 12.5. The monoisotopic (exact) mass is 826 g/mol. The summed E-state index contributed by atoms with van der Waals surface area (Å²) < 4.78 is 20.1. The minimum absolute atomic E-state index is 0.0424. The van der Waals surface area contributed by atoms with Crippen molar-refractivity contribution >= 4 is 41.5 Å². The first-order valence-corrected chi connectivity index (χ1v) is 19.5. The topological polar surface area (TPSA) is 267 Å². The molecule has 1 aliphatic rings. The SMILES string of the molecule is CSCC[C@@H](NC(=O)NC(Cc1ccc(F)cc1)C(=O)O)C(=O)N[C@H](C(=O)N/C=C1\C[C@@H](O)[C@H](n2ccc(=O)[nH]c2=O)O1)C(C)N(C)C(=O)[C@@H](N)Cc1ccccc1. The van der Waals surface area contributed by atoms with Gasteiger partial charge in [0.2, 0.25) is 23.9 Å². The number of likely N-dealkylation sites (N-methyl/N-ethyl adjacent to an activating group) is 1. The van der Waals surface area contributed by atoms with Crippen molar-refractivity contribution in [1.82, 2.24) is 35.7 Å². The summed E-state index contributed by atoms with van der Waals surface area (Å²) in [5.74, 6) is -3.72. The predicted molar refractivity (Wildman–Crippen MR) is 211 cm³/mol. The van der Waals surface area contributed by atoms with E-state index in [1.807, 2.05) is 6.07 Å². The molecular weight excluding hydrogens is 780 g/mol. The number of aromatic nitrogens is 2. The number of carbonyl (C=O) groups is 5. The Bertz CT molecular complexity index is 2070. The van der Waals surface area contributed by atoms with Crippen LogP contribution in [-0.4, -0.2) is 110 Å². The van der Waals surface area contributed by atoms with Crippen LogP contribution in [0.4, 0.5) is 9.18 Å². The number of aromatic amines is 1. The van der Waals surface area contributed by atoms with E-state index in [-0.39, 0.29) is 31.4 Å². The van der Waals surface area contributed by atoms with E-state index in [2.05, 4.69) is 26.3 Å². The summed E-state index contributed by atoms with van der Waals surface area (Å²) in [5, 5.41) is 30.3. The largest absolute Gasteiger partial charge is 0.480 e. The zero-order chi connectivity index (χ0) is 42.5. The number of carboxylic acid groups (broad SMARTS) is 1. The number of carboxylic acids is 1. The molecule has 2 aromatic carbocycles. The van der Waals surface area contributed by atoms with Crippen molar-refractivity contribution < 1.29 is 43.3 Å². The van der Waals surface area contributed by atoms with E-state index < -0.39 is 89.3 Å². The maximum absolute atomic E-state index is 13.9. The summed E-state index contributed by atoms with van der Waals surface area (Å²) in [4.78, 5) is 93.7. The molecule has 0 spiro atoms. The van der Waals surface area contributed by atoms with Gasteiger partial charge >= 0.3 is 17.7 Å². The van der Waals surface area contributed by atoms with Crippen molar-refractivity contribution in [2.75, 3.05) is 19.1 Å². The lowest BCUT2D eigenvalue weighted by molar-refractivity contribution is -0.139. The minimum atomic E-state index is -1.49. The number of halogens is 1. The molecule has 0 aliphatic carbocycles. The number of aliphatic hydroxyl groups is 1. The summed E-state index contributed by atoms with van der Waals surface area (Å²) >= 11 is 1.36. The molecule has 1 saturated heterocycles. The summed E-state index contributed by atoms with van der Waals surface area (Å²) in [6.45, 7) is 1.50. The molecule has 0 bridgehead atoms. The Kier molecular flexibility index (Phi) is 16.2. The number of benzene rings is 2. The Hall–Kier alpha value is -5.99. The van der Waals surface area contributed by atoms with Crippen LogP contribution < -0.4 is 38.2 Å². The van der Waals surface area contributed by atoms with Crippen LogP contribution in [0.2, 0.25) is 0 Å². The zero-order valence-corrected chi connectivity index (χ0v) is 32.7. The van der Waals surface area contributed by atoms with Crippen LogP contribution in [0.15, 0.2) is 88.4 Å². The molecule has 3 aromatic rings. The van der Waals surface area contributed by atoms with Gasteiger partial charge in [0.15, 0.2) is 0 Å². The number of hydrogen-bond donors (Lipinski definition) is 8. The van der Waals surface area contributed by atoms with Gasteiger partial charge in [-0.3, -0.25) is 28.7 Å². The fourth-order valence-corrected chi connectivity index (χ4v) is 6.48. The summed E-state index contributed by atoms with van der Waals surface area (Å²) in [5.41, 5.74) is 6.03. The number of nitrogens with one attached hydrogen (secondary N) is 5. The average molecular weight is 827 g/mol. The van der Waals surface area contributed by atoms with Crippen molar-refractivity contribution in [3.8, 4) is 0 Å². The van der Waals surface area contributed by atoms with Gasteiger partial charge < -0.3 is 46.9 Å². The molecule has 7 atom stereocenters. The highest BCUT2D eigenvalue weighted by atomic mass is 32.2. The molecule has 0 saturated carbocycles. The highest BCUT2D eigenvalue weighted by Crippen LogP contribution is 2.29. The third-order valence-electron chi connectivity index (χ3n) is 9.34. The molecule has 58 heavy (non-hydrogen) atoms. The van der Waals surface area contributed by atoms with Crippen LogP contribution in [0.1, 0.15) is 37.1 Å². The van der Waals surface area contributed by atoms with E-state index in [1.54, 1.807) is 30.5 Å². The van der Waals surface area contributed by atoms with Gasteiger partial charge in [-0.05, 0) is 55.0 Å². The lowest BCUT2D eigenvalue weighted by Crippen LogP contribution is -2.62. The van der Waals surface area contributed by atoms with Crippen LogP contribution in [0, 0.1) is 5.82 Å². The van der Waals surface area contributed by atoms with E-state index in [0.29, 0.717) is 11.3 Å². The fourth-order valence-electron chi connectivity index (χ4n) is 6.01. The Morgan fingerprint density at radius 3 is 2.29 bits per heavy atom. The number of H-pyrrole nitrogens is 1. The highest BCUT2D eigenvalue weighted by Gasteiger charge is 2.37. The van der Waals surface area contributed by atoms with Crippen molar-refractivity contribution in [3.05, 3.63) is 117 Å². The molecular formula is C38H47FN8O10S. The zero-order valence-electron chi connectivity index (χ0n) is 31.9. The molecule has 9 N–H and O–H groups in total. The van der Waals surface area contributed by atoms with Gasteiger partial charge in [0, 0.05) is 38.4 Å². The molecule has 20 heteroatoms. The normalized spacial score (nSPS) is 18.1. The Labute approximate surface area is 336 Å². The molecule has 312 valence electrons. The number of nitrogens with two attached hydrogens (primary N) is 1. The summed E-state index contributed by atoms with van der Waals surface area (Å²) in [6.07, 6.45) is 1.46. The Balaban J connectivity index is 1.54. The lowest BCUT2D eigenvalue weighted by Gasteiger charge is -2.34. The number of ether oxygens (including phenoxy) is 1. The molecule has 1 aliphatic heterocycles. The fraction of sp³-hybridized carbons (Fsp3) is 0.395. The van der Waals surface area contributed by atoms with Crippen LogP contribution >= 0.6 is 11.8 Å². The molecule has 0 radical (unpaired) electrons. The van der Waals surface area contributed by atoms with Crippen molar-refractivity contribution in [2.45, 2.75) is 75.1 Å². The standard InChI is InChI=1S/C38H47FN8O10S/c1-21(46(2)34(52)26(40)17-22-7-5-4-6-8-22)31(33(51)41-20-25-19-29(48)35(57-25)47-15-13-30(49)44-38(47)56)45-32(50)27(14-16-58-3)42-37(55)43-28(36(53)54)18-23-9-11-24(39)12-10-23/h4-13,15,20-21,26-29,31,35,48H,14,16-19,40H2,1-3H3,(H,41,51)(H,45,50)(H,53,54)(H2,42,43,55)(H,44,49,56)/b25-20+/t21?,26-,27+,28?,29+,31-,35+/m0/s1. The second kappa shape index (κ2) is 21.0. The van der Waals surface area contributed by atoms with Gasteiger partial charge in [-0.15, -0.1) is 0 Å². The van der Waals surface area contributed by atoms with Gasteiger partial charge in [-0.25, -0.2) is 18.8 Å². The number of amides is 5.